The lowest BCUT2D eigenvalue weighted by molar-refractivity contribution is 0.344. The van der Waals surface area contributed by atoms with Gasteiger partial charge in [0, 0.05) is 17.1 Å². The number of benzene rings is 4. The van der Waals surface area contributed by atoms with Gasteiger partial charge in [0.05, 0.1) is 10.5 Å². The number of nitrogens with one attached hydrogen (secondary N) is 2. The van der Waals surface area contributed by atoms with Crippen LogP contribution >= 0.6 is 11.5 Å². The first-order valence-electron chi connectivity index (χ1n) is 15.5. The van der Waals surface area contributed by atoms with Crippen LogP contribution in [0.4, 0.5) is 5.13 Å². The first-order valence-corrected chi connectivity index (χ1v) is 17.8. The minimum absolute atomic E-state index is 0.0703. The van der Waals surface area contributed by atoms with Crippen molar-refractivity contribution in [1.29, 1.82) is 5.26 Å². The molecule has 0 amide bonds. The molecule has 1 saturated heterocycles. The third-order valence-electron chi connectivity index (χ3n) is 8.30. The van der Waals surface area contributed by atoms with Crippen molar-refractivity contribution in [1.82, 2.24) is 14.7 Å². The molecular formula is C36H35N5O3S2. The first kappa shape index (κ1) is 31.4. The first-order chi connectivity index (χ1) is 22.5. The highest BCUT2D eigenvalue weighted by atomic mass is 32.2. The molecule has 6 rings (SSSR count). The van der Waals surface area contributed by atoms with Gasteiger partial charge in [-0.1, -0.05) is 73.5 Å². The molecule has 10 heteroatoms. The van der Waals surface area contributed by atoms with Gasteiger partial charge in [0.2, 0.25) is 5.13 Å². The fraction of sp³-hybridized carbons (Fsp3) is 0.250. The number of nitriles is 1. The Bertz CT molecular complexity index is 1920. The van der Waals surface area contributed by atoms with Gasteiger partial charge in [-0.3, -0.25) is 4.72 Å². The van der Waals surface area contributed by atoms with Crippen LogP contribution in [-0.2, 0) is 16.4 Å². The van der Waals surface area contributed by atoms with E-state index in [0.29, 0.717) is 5.75 Å². The van der Waals surface area contributed by atoms with Crippen molar-refractivity contribution < 1.29 is 13.2 Å². The highest BCUT2D eigenvalue weighted by Crippen LogP contribution is 2.38. The van der Waals surface area contributed by atoms with Gasteiger partial charge >= 0.3 is 0 Å². The summed E-state index contributed by atoms with van der Waals surface area (Å²) in [7, 11) is -3.97. The minimum atomic E-state index is -3.97. The Morgan fingerprint density at radius 3 is 2.48 bits per heavy atom. The maximum Gasteiger partial charge on any atom is 0.263 e. The van der Waals surface area contributed by atoms with Gasteiger partial charge in [0.1, 0.15) is 23.9 Å². The van der Waals surface area contributed by atoms with Crippen LogP contribution in [0, 0.1) is 17.2 Å². The lowest BCUT2D eigenvalue weighted by Crippen LogP contribution is -2.27. The van der Waals surface area contributed by atoms with Crippen molar-refractivity contribution in [2.45, 2.75) is 43.4 Å². The molecule has 1 aliphatic rings. The van der Waals surface area contributed by atoms with E-state index in [4.69, 9.17) is 4.74 Å². The third-order valence-corrected chi connectivity index (χ3v) is 10.3. The number of aromatic nitrogens is 2. The van der Waals surface area contributed by atoms with Gasteiger partial charge in [-0.25, -0.2) is 13.4 Å². The van der Waals surface area contributed by atoms with Crippen LogP contribution < -0.4 is 14.8 Å². The van der Waals surface area contributed by atoms with Gasteiger partial charge in [0.25, 0.3) is 10.0 Å². The summed E-state index contributed by atoms with van der Waals surface area (Å²) in [5.74, 6) is 1.68. The molecule has 1 aromatic heterocycles. The summed E-state index contributed by atoms with van der Waals surface area (Å²) in [5.41, 5.74) is 5.40. The lowest BCUT2D eigenvalue weighted by atomic mass is 9.91. The monoisotopic (exact) mass is 649 g/mol. The molecule has 2 heterocycles. The third kappa shape index (κ3) is 7.80. The van der Waals surface area contributed by atoms with Gasteiger partial charge in [0.15, 0.2) is 0 Å². The van der Waals surface area contributed by atoms with E-state index in [-0.39, 0.29) is 21.3 Å². The van der Waals surface area contributed by atoms with Crippen LogP contribution in [0.2, 0.25) is 0 Å². The van der Waals surface area contributed by atoms with Crippen molar-refractivity contribution in [2.24, 2.45) is 5.92 Å². The summed E-state index contributed by atoms with van der Waals surface area (Å²) in [6.07, 6.45) is 8.51. The number of aryl methyl sites for hydroxylation is 1. The summed E-state index contributed by atoms with van der Waals surface area (Å²) in [6, 6.07) is 31.1. The molecule has 0 aliphatic carbocycles. The van der Waals surface area contributed by atoms with E-state index in [9.17, 15) is 13.7 Å². The number of anilines is 1. The van der Waals surface area contributed by atoms with E-state index in [1.165, 1.54) is 55.8 Å². The minimum Gasteiger partial charge on any atom is -0.455 e. The second kappa shape index (κ2) is 14.7. The molecule has 0 bridgehead atoms. The van der Waals surface area contributed by atoms with Crippen LogP contribution in [0.5, 0.6) is 11.5 Å². The number of piperidine rings is 1. The molecule has 1 fully saturated rings. The topological polar surface area (TPSA) is 117 Å². The number of sulfonamides is 1. The van der Waals surface area contributed by atoms with E-state index in [1.54, 1.807) is 0 Å². The number of nitrogens with zero attached hydrogens (tertiary/aromatic N) is 3. The Kier molecular flexibility index (Phi) is 10.0. The van der Waals surface area contributed by atoms with Crippen LogP contribution in [0.15, 0.2) is 102 Å². The maximum atomic E-state index is 12.9. The van der Waals surface area contributed by atoms with E-state index < -0.39 is 10.0 Å². The Morgan fingerprint density at radius 1 is 0.891 bits per heavy atom. The van der Waals surface area contributed by atoms with Crippen LogP contribution in [-0.4, -0.2) is 30.9 Å². The zero-order valence-corrected chi connectivity index (χ0v) is 27.0. The molecule has 1 aliphatic heterocycles. The number of hydrogen-bond donors (Lipinski definition) is 2. The number of hydrogen-bond acceptors (Lipinski definition) is 8. The molecule has 8 nitrogen and oxygen atoms in total. The largest absolute Gasteiger partial charge is 0.455 e. The van der Waals surface area contributed by atoms with Gasteiger partial charge in [-0.2, -0.15) is 9.64 Å². The van der Waals surface area contributed by atoms with Crippen LogP contribution in [0.3, 0.4) is 0 Å². The maximum absolute atomic E-state index is 12.9. The average molecular weight is 650 g/mol. The Morgan fingerprint density at radius 2 is 1.70 bits per heavy atom. The summed E-state index contributed by atoms with van der Waals surface area (Å²) in [6.45, 7) is 2.28. The fourth-order valence-corrected chi connectivity index (χ4v) is 7.53. The highest BCUT2D eigenvalue weighted by Gasteiger charge is 2.20. The van der Waals surface area contributed by atoms with Crippen LogP contribution in [0.25, 0.3) is 22.3 Å². The number of rotatable bonds is 12. The quantitative estimate of drug-likeness (QED) is 0.131. The molecule has 46 heavy (non-hydrogen) atoms. The highest BCUT2D eigenvalue weighted by molar-refractivity contribution is 7.93. The standard InChI is InChI=1S/C36H35N5O3S2/c37-24-31-22-32(46(42,43)41-36-39-25-40-45-36)14-16-34(31)44-35-15-13-29(28-10-2-1-3-11-28)23-33(35)30-12-6-9-27(21-30)8-5-4-7-26-17-19-38-20-18-26/h1-3,6,9-16,21-23,25-26,38H,4-5,7-8,17-20H2,(H,39,40,41). The summed E-state index contributed by atoms with van der Waals surface area (Å²) < 4.78 is 38.5. The van der Waals surface area contributed by atoms with Crippen molar-refractivity contribution in [2.75, 3.05) is 17.8 Å². The summed E-state index contributed by atoms with van der Waals surface area (Å²) in [4.78, 5) is 3.81. The molecular weight excluding hydrogens is 615 g/mol. The zero-order chi connectivity index (χ0) is 31.8. The normalized spacial score (nSPS) is 13.6. The molecule has 2 N–H and O–H groups in total. The van der Waals surface area contributed by atoms with E-state index in [0.717, 1.165) is 65.6 Å². The molecule has 234 valence electrons. The predicted octanol–water partition coefficient (Wildman–Crippen LogP) is 8.05. The second-order valence-electron chi connectivity index (χ2n) is 11.4. The molecule has 0 atom stereocenters. The van der Waals surface area contributed by atoms with E-state index >= 15 is 0 Å². The van der Waals surface area contributed by atoms with Gasteiger partial charge in [-0.15, -0.1) is 0 Å². The Labute approximate surface area is 274 Å². The van der Waals surface area contributed by atoms with Gasteiger partial charge in [-0.05, 0) is 97.3 Å². The molecule has 0 saturated carbocycles. The molecule has 0 spiro atoms. The van der Waals surface area contributed by atoms with E-state index in [2.05, 4.69) is 67.9 Å². The van der Waals surface area contributed by atoms with Crippen molar-refractivity contribution in [3.05, 3.63) is 108 Å². The average Bonchev–Trinajstić information content (AvgIpc) is 3.60. The summed E-state index contributed by atoms with van der Waals surface area (Å²) >= 11 is 0.927. The Balaban J connectivity index is 1.27. The van der Waals surface area contributed by atoms with Crippen molar-refractivity contribution >= 4 is 26.7 Å². The predicted molar refractivity (Wildman–Crippen MR) is 182 cm³/mol. The summed E-state index contributed by atoms with van der Waals surface area (Å²) in [5, 5.41) is 13.6. The lowest BCUT2D eigenvalue weighted by Gasteiger charge is -2.22. The van der Waals surface area contributed by atoms with Crippen molar-refractivity contribution in [3.63, 3.8) is 0 Å². The second-order valence-corrected chi connectivity index (χ2v) is 13.9. The van der Waals surface area contributed by atoms with Gasteiger partial charge < -0.3 is 10.1 Å². The molecule has 5 aromatic rings. The molecule has 4 aromatic carbocycles. The SMILES string of the molecule is N#Cc1cc(S(=O)(=O)Nc2ncns2)ccc1Oc1ccc(-c2ccccc2)cc1-c1cccc(CCCCC2CCNCC2)c1. The molecule has 0 radical (unpaired) electrons. The number of unbranched alkanes of at least 4 members (excludes halogenated alkanes) is 1. The fourth-order valence-electron chi connectivity index (χ4n) is 5.84. The molecule has 0 unspecified atom stereocenters. The van der Waals surface area contributed by atoms with Crippen molar-refractivity contribution in [3.8, 4) is 39.8 Å². The van der Waals surface area contributed by atoms with E-state index in [1.807, 2.05) is 30.3 Å². The van der Waals surface area contributed by atoms with Crippen LogP contribution in [0.1, 0.15) is 43.2 Å². The smallest absolute Gasteiger partial charge is 0.263 e. The zero-order valence-electron chi connectivity index (χ0n) is 25.4. The number of ether oxygens (including phenoxy) is 1. The Hall–Kier alpha value is -4.56.